The molecule has 1 aliphatic rings. The number of nitrogens with two attached hydrogens (primary N) is 1. The number of benzene rings is 1. The Balaban J connectivity index is 0.00000242. The van der Waals surface area contributed by atoms with Crippen LogP contribution in [0.2, 0.25) is 0 Å². The first kappa shape index (κ1) is 18.5. The maximum absolute atomic E-state index is 12.4. The zero-order chi connectivity index (χ0) is 15.2. The van der Waals surface area contributed by atoms with E-state index in [1.165, 1.54) is 0 Å². The van der Waals surface area contributed by atoms with E-state index in [4.69, 9.17) is 5.73 Å². The average Bonchev–Trinajstić information content (AvgIpc) is 2.55. The fraction of sp³-hybridized carbons (Fsp3) is 0.500. The summed E-state index contributed by atoms with van der Waals surface area (Å²) >= 11 is 0. The molecule has 6 heteroatoms. The molecule has 1 aliphatic heterocycles. The zero-order valence-electron chi connectivity index (χ0n) is 12.8. The average molecular weight is 326 g/mol. The largest absolute Gasteiger partial charge is 0.359 e. The van der Waals surface area contributed by atoms with E-state index in [-0.39, 0.29) is 42.6 Å². The Hall–Kier alpha value is -1.59. The first-order chi connectivity index (χ1) is 10.1. The molecule has 2 atom stereocenters. The molecule has 2 unspecified atom stereocenters. The second kappa shape index (κ2) is 8.76. The summed E-state index contributed by atoms with van der Waals surface area (Å²) in [5.41, 5.74) is 7.06. The van der Waals surface area contributed by atoms with Crippen LogP contribution in [0, 0.1) is 5.92 Å². The van der Waals surface area contributed by atoms with Crippen molar-refractivity contribution in [3.8, 4) is 0 Å². The van der Waals surface area contributed by atoms with Gasteiger partial charge in [0.1, 0.15) is 0 Å². The molecule has 1 saturated heterocycles. The van der Waals surface area contributed by atoms with Crippen LogP contribution in [0.5, 0.6) is 0 Å². The Kier molecular flexibility index (Phi) is 7.35. The Bertz CT molecular complexity index is 495. The molecule has 2 amide bonds. The lowest BCUT2D eigenvalue weighted by Gasteiger charge is -2.32. The molecule has 1 aromatic rings. The van der Waals surface area contributed by atoms with Crippen molar-refractivity contribution in [2.75, 3.05) is 20.1 Å². The summed E-state index contributed by atoms with van der Waals surface area (Å²) in [7, 11) is 1.63. The lowest BCUT2D eigenvalue weighted by atomic mass is 9.96. The van der Waals surface area contributed by atoms with Gasteiger partial charge in [-0.3, -0.25) is 9.59 Å². The minimum Gasteiger partial charge on any atom is -0.359 e. The second-order valence-corrected chi connectivity index (χ2v) is 5.51. The van der Waals surface area contributed by atoms with E-state index in [1.54, 1.807) is 11.9 Å². The van der Waals surface area contributed by atoms with Crippen molar-refractivity contribution in [3.63, 3.8) is 0 Å². The molecule has 3 N–H and O–H groups in total. The second-order valence-electron chi connectivity index (χ2n) is 5.51. The van der Waals surface area contributed by atoms with Crippen molar-refractivity contribution in [1.82, 2.24) is 10.2 Å². The number of piperidine rings is 1. The minimum absolute atomic E-state index is 0. The van der Waals surface area contributed by atoms with Gasteiger partial charge in [-0.2, -0.15) is 0 Å². The van der Waals surface area contributed by atoms with Crippen molar-refractivity contribution in [3.05, 3.63) is 35.9 Å². The van der Waals surface area contributed by atoms with Gasteiger partial charge in [-0.25, -0.2) is 0 Å². The molecule has 2 rings (SSSR count). The predicted molar refractivity (Wildman–Crippen MR) is 88.6 cm³/mol. The fourth-order valence-corrected chi connectivity index (χ4v) is 2.76. The fourth-order valence-electron chi connectivity index (χ4n) is 2.76. The quantitative estimate of drug-likeness (QED) is 0.880. The van der Waals surface area contributed by atoms with E-state index in [1.807, 2.05) is 30.3 Å². The first-order valence-electron chi connectivity index (χ1n) is 7.41. The topological polar surface area (TPSA) is 75.4 Å². The molecule has 1 heterocycles. The summed E-state index contributed by atoms with van der Waals surface area (Å²) in [5, 5.41) is 2.66. The van der Waals surface area contributed by atoms with E-state index in [2.05, 4.69) is 5.32 Å². The van der Waals surface area contributed by atoms with E-state index < -0.39 is 0 Å². The number of carbonyl (C=O) groups is 2. The normalized spacial score (nSPS) is 19.0. The van der Waals surface area contributed by atoms with Crippen LogP contribution in [-0.4, -0.2) is 36.9 Å². The molecule has 1 aromatic carbocycles. The molecule has 0 radical (unpaired) electrons. The van der Waals surface area contributed by atoms with Gasteiger partial charge in [0, 0.05) is 32.6 Å². The number of nitrogens with one attached hydrogen (secondary N) is 1. The van der Waals surface area contributed by atoms with Crippen LogP contribution in [0.15, 0.2) is 30.3 Å². The highest BCUT2D eigenvalue weighted by atomic mass is 35.5. The van der Waals surface area contributed by atoms with E-state index in [0.717, 1.165) is 18.4 Å². The Morgan fingerprint density at radius 2 is 2.05 bits per heavy atom. The number of nitrogens with zero attached hydrogens (tertiary/aromatic N) is 1. The van der Waals surface area contributed by atoms with Crippen LogP contribution in [0.1, 0.15) is 30.9 Å². The first-order valence-corrected chi connectivity index (χ1v) is 7.41. The van der Waals surface area contributed by atoms with Crippen molar-refractivity contribution in [2.45, 2.75) is 25.3 Å². The SMILES string of the molecule is CNC(=O)C1CCCN(C(=O)CC(N)c2ccccc2)C1.Cl. The molecule has 0 bridgehead atoms. The summed E-state index contributed by atoms with van der Waals surface area (Å²) in [6, 6.07) is 9.34. The van der Waals surface area contributed by atoms with Crippen molar-refractivity contribution < 1.29 is 9.59 Å². The summed E-state index contributed by atoms with van der Waals surface area (Å²) in [6.45, 7) is 1.22. The molecule has 1 fully saturated rings. The highest BCUT2D eigenvalue weighted by molar-refractivity contribution is 5.85. The van der Waals surface area contributed by atoms with Gasteiger partial charge in [0.05, 0.1) is 5.92 Å². The molecule has 0 aromatic heterocycles. The molecule has 5 nitrogen and oxygen atoms in total. The van der Waals surface area contributed by atoms with Gasteiger partial charge in [-0.15, -0.1) is 12.4 Å². The predicted octanol–water partition coefficient (Wildman–Crippen LogP) is 1.48. The third kappa shape index (κ3) is 4.71. The van der Waals surface area contributed by atoms with E-state index >= 15 is 0 Å². The van der Waals surface area contributed by atoms with Crippen LogP contribution in [0.3, 0.4) is 0 Å². The van der Waals surface area contributed by atoms with Crippen LogP contribution < -0.4 is 11.1 Å². The zero-order valence-corrected chi connectivity index (χ0v) is 13.6. The number of hydrogen-bond acceptors (Lipinski definition) is 3. The van der Waals surface area contributed by atoms with Gasteiger partial charge in [0.25, 0.3) is 0 Å². The van der Waals surface area contributed by atoms with Crippen LogP contribution in [0.25, 0.3) is 0 Å². The third-order valence-corrected chi connectivity index (χ3v) is 4.01. The number of amides is 2. The molecule has 122 valence electrons. The smallest absolute Gasteiger partial charge is 0.224 e. The molecule has 0 spiro atoms. The maximum atomic E-state index is 12.4. The monoisotopic (exact) mass is 325 g/mol. The van der Waals surface area contributed by atoms with Gasteiger partial charge in [-0.05, 0) is 18.4 Å². The highest BCUT2D eigenvalue weighted by Gasteiger charge is 2.28. The number of carbonyl (C=O) groups excluding carboxylic acids is 2. The molecule has 0 saturated carbocycles. The van der Waals surface area contributed by atoms with Crippen molar-refractivity contribution >= 4 is 24.2 Å². The van der Waals surface area contributed by atoms with Crippen molar-refractivity contribution in [2.24, 2.45) is 11.7 Å². The third-order valence-electron chi connectivity index (χ3n) is 4.01. The number of halogens is 1. The number of hydrogen-bond donors (Lipinski definition) is 2. The summed E-state index contributed by atoms with van der Waals surface area (Å²) in [4.78, 5) is 25.8. The van der Waals surface area contributed by atoms with Crippen LogP contribution in [0.4, 0.5) is 0 Å². The summed E-state index contributed by atoms with van der Waals surface area (Å²) in [5.74, 6) is -0.0551. The highest BCUT2D eigenvalue weighted by Crippen LogP contribution is 2.20. The van der Waals surface area contributed by atoms with Gasteiger partial charge in [-0.1, -0.05) is 30.3 Å². The Morgan fingerprint density at radius 1 is 1.36 bits per heavy atom. The summed E-state index contributed by atoms with van der Waals surface area (Å²) < 4.78 is 0. The summed E-state index contributed by atoms with van der Waals surface area (Å²) in [6.07, 6.45) is 1.99. The van der Waals surface area contributed by atoms with Gasteiger partial charge < -0.3 is 16.0 Å². The lowest BCUT2D eigenvalue weighted by molar-refractivity contribution is -0.135. The number of rotatable bonds is 4. The lowest BCUT2D eigenvalue weighted by Crippen LogP contribution is -2.45. The molecular weight excluding hydrogens is 302 g/mol. The Morgan fingerprint density at radius 3 is 2.68 bits per heavy atom. The van der Waals surface area contributed by atoms with Crippen LogP contribution >= 0.6 is 12.4 Å². The van der Waals surface area contributed by atoms with Crippen molar-refractivity contribution in [1.29, 1.82) is 0 Å². The molecule has 22 heavy (non-hydrogen) atoms. The van der Waals surface area contributed by atoms with Crippen LogP contribution in [-0.2, 0) is 9.59 Å². The molecular formula is C16H24ClN3O2. The standard InChI is InChI=1S/C16H23N3O2.ClH/c1-18-16(21)13-8-5-9-19(11-13)15(20)10-14(17)12-6-3-2-4-7-12;/h2-4,6-7,13-14H,5,8-11,17H2,1H3,(H,18,21);1H. The van der Waals surface area contributed by atoms with E-state index in [9.17, 15) is 9.59 Å². The van der Waals surface area contributed by atoms with E-state index in [0.29, 0.717) is 13.1 Å². The maximum Gasteiger partial charge on any atom is 0.224 e. The van der Waals surface area contributed by atoms with Gasteiger partial charge >= 0.3 is 0 Å². The minimum atomic E-state index is -0.293. The van der Waals surface area contributed by atoms with Gasteiger partial charge in [0.2, 0.25) is 11.8 Å². The number of likely N-dealkylation sites (tertiary alicyclic amines) is 1. The Labute approximate surface area is 137 Å². The van der Waals surface area contributed by atoms with Gasteiger partial charge in [0.15, 0.2) is 0 Å². The molecule has 0 aliphatic carbocycles.